The maximum atomic E-state index is 11.9. The summed E-state index contributed by atoms with van der Waals surface area (Å²) in [6.45, 7) is -0.134. The molecule has 1 saturated heterocycles. The number of carbonyl (C=O) groups excluding carboxylic acids is 3. The van der Waals surface area contributed by atoms with Gasteiger partial charge in [0.25, 0.3) is 0 Å². The summed E-state index contributed by atoms with van der Waals surface area (Å²) in [5.74, 6) is -0.504. The number of carbonyl (C=O) groups is 3. The first-order chi connectivity index (χ1) is 12.1. The molecule has 9 heteroatoms. The summed E-state index contributed by atoms with van der Waals surface area (Å²) in [6, 6.07) is 7.19. The second kappa shape index (κ2) is 6.87. The number of hydrazone groups is 1. The van der Waals surface area contributed by atoms with Crippen molar-refractivity contribution >= 4 is 24.1 Å². The Hall–Kier alpha value is -3.62. The molecule has 0 saturated carbocycles. The lowest BCUT2D eigenvalue weighted by Gasteiger charge is -2.09. The first-order valence-corrected chi connectivity index (χ1v) is 7.16. The number of imide groups is 1. The number of esters is 1. The predicted octanol–water partition coefficient (Wildman–Crippen LogP) is 1.39. The summed E-state index contributed by atoms with van der Waals surface area (Å²) in [7, 11) is 1.42. The van der Waals surface area contributed by atoms with E-state index < -0.39 is 17.9 Å². The number of benzene rings is 1. The molecule has 1 aromatic heterocycles. The fourth-order valence-electron chi connectivity index (χ4n) is 2.05. The Labute approximate surface area is 141 Å². The Morgan fingerprint density at radius 2 is 2.16 bits per heavy atom. The van der Waals surface area contributed by atoms with Crippen LogP contribution in [0.3, 0.4) is 0 Å². The Balaban J connectivity index is 1.74. The van der Waals surface area contributed by atoms with Gasteiger partial charge in [-0.05, 0) is 35.9 Å². The summed E-state index contributed by atoms with van der Waals surface area (Å²) in [6.07, 6.45) is 2.76. The minimum absolute atomic E-state index is 0.0670. The molecule has 1 aliphatic rings. The van der Waals surface area contributed by atoms with E-state index in [2.05, 4.69) is 10.4 Å². The van der Waals surface area contributed by atoms with E-state index in [9.17, 15) is 14.4 Å². The highest BCUT2D eigenvalue weighted by molar-refractivity contribution is 6.02. The van der Waals surface area contributed by atoms with Gasteiger partial charge in [0.05, 0.1) is 19.6 Å². The van der Waals surface area contributed by atoms with Crippen molar-refractivity contribution in [1.82, 2.24) is 10.3 Å². The molecule has 9 nitrogen and oxygen atoms in total. The number of amides is 3. The molecule has 3 rings (SSSR count). The van der Waals surface area contributed by atoms with Gasteiger partial charge in [0.15, 0.2) is 11.5 Å². The third kappa shape index (κ3) is 3.66. The number of ether oxygens (including phenoxy) is 2. The molecule has 1 aromatic carbocycles. The maximum absolute atomic E-state index is 11.9. The van der Waals surface area contributed by atoms with E-state index in [1.807, 2.05) is 0 Å². The molecule has 1 N–H and O–H groups in total. The molecule has 25 heavy (non-hydrogen) atoms. The zero-order chi connectivity index (χ0) is 17.8. The van der Waals surface area contributed by atoms with E-state index in [1.54, 1.807) is 18.2 Å². The molecule has 3 amide bonds. The molecule has 0 bridgehead atoms. The minimum atomic E-state index is -0.656. The number of rotatable bonds is 5. The second-order valence-corrected chi connectivity index (χ2v) is 4.93. The zero-order valence-electron chi connectivity index (χ0n) is 13.1. The average Bonchev–Trinajstić information content (AvgIpc) is 3.23. The minimum Gasteiger partial charge on any atom is -0.493 e. The maximum Gasteiger partial charge on any atom is 0.379 e. The summed E-state index contributed by atoms with van der Waals surface area (Å²) in [5, 5.41) is 7.04. The molecule has 0 spiro atoms. The fraction of sp³-hybridized carbons (Fsp3) is 0.125. The van der Waals surface area contributed by atoms with Crippen LogP contribution in [0.1, 0.15) is 16.1 Å². The van der Waals surface area contributed by atoms with Crippen molar-refractivity contribution in [3.8, 4) is 11.5 Å². The molecule has 0 atom stereocenters. The van der Waals surface area contributed by atoms with Crippen LogP contribution in [0, 0.1) is 0 Å². The van der Waals surface area contributed by atoms with Crippen molar-refractivity contribution in [3.05, 3.63) is 47.9 Å². The topological polar surface area (TPSA) is 110 Å². The van der Waals surface area contributed by atoms with Crippen LogP contribution in [0.15, 0.2) is 46.1 Å². The van der Waals surface area contributed by atoms with Crippen molar-refractivity contribution in [3.63, 3.8) is 0 Å². The smallest absolute Gasteiger partial charge is 0.379 e. The van der Waals surface area contributed by atoms with Gasteiger partial charge in [0.1, 0.15) is 6.54 Å². The van der Waals surface area contributed by atoms with Gasteiger partial charge in [0.2, 0.25) is 11.7 Å². The Bertz CT molecular complexity index is 844. The highest BCUT2D eigenvalue weighted by Gasteiger charge is 2.25. The van der Waals surface area contributed by atoms with Crippen LogP contribution in [-0.4, -0.2) is 42.8 Å². The van der Waals surface area contributed by atoms with E-state index >= 15 is 0 Å². The fourth-order valence-corrected chi connectivity index (χ4v) is 2.05. The Morgan fingerprint density at radius 3 is 2.80 bits per heavy atom. The largest absolute Gasteiger partial charge is 0.493 e. The number of nitrogens with one attached hydrogen (secondary N) is 1. The van der Waals surface area contributed by atoms with Crippen molar-refractivity contribution in [2.75, 3.05) is 13.7 Å². The summed E-state index contributed by atoms with van der Waals surface area (Å²) >= 11 is 0. The van der Waals surface area contributed by atoms with Crippen molar-refractivity contribution < 1.29 is 28.3 Å². The molecule has 1 aliphatic heterocycles. The van der Waals surface area contributed by atoms with E-state index in [4.69, 9.17) is 13.9 Å². The summed E-state index contributed by atoms with van der Waals surface area (Å²) in [5.41, 5.74) is 0.585. The Kier molecular flexibility index (Phi) is 4.46. The monoisotopic (exact) mass is 343 g/mol. The lowest BCUT2D eigenvalue weighted by molar-refractivity contribution is -0.118. The first-order valence-electron chi connectivity index (χ1n) is 7.16. The van der Waals surface area contributed by atoms with Crippen LogP contribution >= 0.6 is 0 Å². The number of hydrogen-bond donors (Lipinski definition) is 1. The van der Waals surface area contributed by atoms with Gasteiger partial charge in [-0.15, -0.1) is 0 Å². The van der Waals surface area contributed by atoms with E-state index in [-0.39, 0.29) is 18.1 Å². The molecule has 0 aliphatic carbocycles. The Morgan fingerprint density at radius 1 is 1.32 bits per heavy atom. The number of methoxy groups -OCH3 is 1. The van der Waals surface area contributed by atoms with E-state index in [0.29, 0.717) is 11.3 Å². The third-order valence-corrected chi connectivity index (χ3v) is 3.23. The second-order valence-electron chi connectivity index (χ2n) is 4.93. The molecule has 2 aromatic rings. The van der Waals surface area contributed by atoms with Gasteiger partial charge in [-0.3, -0.25) is 10.1 Å². The third-order valence-electron chi connectivity index (χ3n) is 3.23. The van der Waals surface area contributed by atoms with Gasteiger partial charge in [-0.25, -0.2) is 14.6 Å². The lowest BCUT2D eigenvalue weighted by Crippen LogP contribution is -2.24. The molecule has 128 valence electrons. The van der Waals surface area contributed by atoms with Crippen LogP contribution in [0.5, 0.6) is 11.5 Å². The normalized spacial score (nSPS) is 14.0. The first kappa shape index (κ1) is 16.2. The average molecular weight is 343 g/mol. The summed E-state index contributed by atoms with van der Waals surface area (Å²) < 4.78 is 15.4. The van der Waals surface area contributed by atoms with Gasteiger partial charge in [0, 0.05) is 0 Å². The van der Waals surface area contributed by atoms with Crippen LogP contribution in [0.2, 0.25) is 0 Å². The van der Waals surface area contributed by atoms with Crippen LogP contribution in [0.25, 0.3) is 0 Å². The number of urea groups is 1. The van der Waals surface area contributed by atoms with Crippen molar-refractivity contribution in [2.45, 2.75) is 0 Å². The van der Waals surface area contributed by atoms with Gasteiger partial charge in [-0.2, -0.15) is 5.10 Å². The number of nitrogens with zero attached hydrogens (tertiary/aromatic N) is 2. The predicted molar refractivity (Wildman–Crippen MR) is 84.5 cm³/mol. The van der Waals surface area contributed by atoms with Gasteiger partial charge >= 0.3 is 12.0 Å². The molecule has 1 fully saturated rings. The highest BCUT2D eigenvalue weighted by Crippen LogP contribution is 2.28. The standard InChI is InChI=1S/C16H13N3O6/c1-23-13-7-10(8-17-19-9-14(20)18-16(19)22)4-5-11(13)25-15(21)12-3-2-6-24-12/h2-8H,9H2,1H3,(H,18,20,22)/b17-8-. The quantitative estimate of drug-likeness (QED) is 0.380. The highest BCUT2D eigenvalue weighted by atomic mass is 16.6. The SMILES string of the molecule is COc1cc(/C=N\N2CC(=O)NC2=O)ccc1OC(=O)c1ccco1. The number of hydrogen-bond acceptors (Lipinski definition) is 7. The van der Waals surface area contributed by atoms with Crippen molar-refractivity contribution in [2.24, 2.45) is 5.10 Å². The van der Waals surface area contributed by atoms with Gasteiger partial charge in [-0.1, -0.05) is 0 Å². The van der Waals surface area contributed by atoms with E-state index in [1.165, 1.54) is 31.7 Å². The molecular weight excluding hydrogens is 330 g/mol. The van der Waals surface area contributed by atoms with E-state index in [0.717, 1.165) is 5.01 Å². The lowest BCUT2D eigenvalue weighted by atomic mass is 10.2. The van der Waals surface area contributed by atoms with Crippen molar-refractivity contribution in [1.29, 1.82) is 0 Å². The summed E-state index contributed by atoms with van der Waals surface area (Å²) in [4.78, 5) is 34.4. The molecule has 2 heterocycles. The van der Waals surface area contributed by atoms with Gasteiger partial charge < -0.3 is 13.9 Å². The molecule has 0 radical (unpaired) electrons. The van der Waals surface area contributed by atoms with Crippen LogP contribution in [0.4, 0.5) is 4.79 Å². The molecular formula is C16H13N3O6. The van der Waals surface area contributed by atoms with Crippen LogP contribution < -0.4 is 14.8 Å². The van der Waals surface area contributed by atoms with Crippen LogP contribution in [-0.2, 0) is 4.79 Å². The molecule has 0 unspecified atom stereocenters. The number of furan rings is 1. The zero-order valence-corrected chi connectivity index (χ0v) is 13.1.